The topological polar surface area (TPSA) is 76.2 Å². The Morgan fingerprint density at radius 3 is 2.36 bits per heavy atom. The van der Waals surface area contributed by atoms with Crippen molar-refractivity contribution in [3.8, 4) is 0 Å². The highest BCUT2D eigenvalue weighted by molar-refractivity contribution is 5.17. The van der Waals surface area contributed by atoms with Crippen LogP contribution in [0, 0.1) is 0 Å². The van der Waals surface area contributed by atoms with Gasteiger partial charge in [-0.1, -0.05) is 0 Å². The van der Waals surface area contributed by atoms with Crippen molar-refractivity contribution >= 4 is 0 Å². The zero-order valence-corrected chi connectivity index (χ0v) is 7.80. The van der Waals surface area contributed by atoms with Crippen LogP contribution in [0.3, 0.4) is 0 Å². The van der Waals surface area contributed by atoms with Crippen molar-refractivity contribution in [2.24, 2.45) is 5.73 Å². The fourth-order valence-corrected chi connectivity index (χ4v) is 1.68. The number of rotatable bonds is 1. The van der Waals surface area contributed by atoms with Gasteiger partial charge >= 0.3 is 0 Å². The van der Waals surface area contributed by atoms with Crippen LogP contribution < -0.4 is 5.73 Å². The van der Waals surface area contributed by atoms with Crippen molar-refractivity contribution in [1.29, 1.82) is 0 Å². The van der Waals surface area contributed by atoms with Crippen LogP contribution in [-0.2, 0) is 0 Å². The van der Waals surface area contributed by atoms with E-state index in [9.17, 15) is 10.4 Å². The Balaban J connectivity index is 2.18. The van der Waals surface area contributed by atoms with Gasteiger partial charge in [0, 0.05) is 13.1 Å². The van der Waals surface area contributed by atoms with E-state index in [0.29, 0.717) is 16.2 Å². The Kier molecular flexibility index (Phi) is 2.22. The summed E-state index contributed by atoms with van der Waals surface area (Å²) in [5, 5.41) is 20.0. The number of allylic oxidation sites excluding steroid dienone is 2. The summed E-state index contributed by atoms with van der Waals surface area (Å²) in [6, 6.07) is 0. The van der Waals surface area contributed by atoms with E-state index in [2.05, 4.69) is 0 Å². The molecule has 0 aromatic heterocycles. The van der Waals surface area contributed by atoms with Crippen molar-refractivity contribution in [2.75, 3.05) is 13.1 Å². The molecule has 4 N–H and O–H groups in total. The van der Waals surface area contributed by atoms with E-state index in [1.54, 1.807) is 12.2 Å². The van der Waals surface area contributed by atoms with Gasteiger partial charge in [-0.2, -0.15) is 0 Å². The van der Waals surface area contributed by atoms with Crippen LogP contribution in [0.25, 0.3) is 0 Å². The SMILES string of the molecule is NC1=CC=C(N2CCCC2)N(O)N1O. The van der Waals surface area contributed by atoms with E-state index < -0.39 is 0 Å². The van der Waals surface area contributed by atoms with Crippen LogP contribution >= 0.6 is 0 Å². The molecule has 1 saturated heterocycles. The second-order valence-corrected chi connectivity index (χ2v) is 3.39. The van der Waals surface area contributed by atoms with Crippen molar-refractivity contribution in [3.63, 3.8) is 0 Å². The van der Waals surface area contributed by atoms with Crippen LogP contribution in [0.1, 0.15) is 12.8 Å². The normalized spacial score (nSPS) is 22.6. The van der Waals surface area contributed by atoms with Gasteiger partial charge in [0.15, 0.2) is 11.6 Å². The zero-order valence-electron chi connectivity index (χ0n) is 7.80. The Morgan fingerprint density at radius 2 is 1.71 bits per heavy atom. The molecule has 0 saturated carbocycles. The van der Waals surface area contributed by atoms with E-state index in [1.165, 1.54) is 0 Å². The smallest absolute Gasteiger partial charge is 0.156 e. The fourth-order valence-electron chi connectivity index (χ4n) is 1.68. The van der Waals surface area contributed by atoms with Crippen LogP contribution in [0.4, 0.5) is 0 Å². The summed E-state index contributed by atoms with van der Waals surface area (Å²) in [5.74, 6) is 0.648. The van der Waals surface area contributed by atoms with Gasteiger partial charge < -0.3 is 10.6 Å². The summed E-state index contributed by atoms with van der Waals surface area (Å²) in [6.45, 7) is 1.79. The molecule has 2 aliphatic rings. The van der Waals surface area contributed by atoms with Gasteiger partial charge in [0.2, 0.25) is 0 Å². The molecule has 0 bridgehead atoms. The van der Waals surface area contributed by atoms with Crippen LogP contribution in [-0.4, -0.2) is 38.7 Å². The molecular weight excluding hydrogens is 184 g/mol. The van der Waals surface area contributed by atoms with E-state index in [1.807, 2.05) is 4.90 Å². The lowest BCUT2D eigenvalue weighted by Gasteiger charge is -2.35. The molecule has 0 unspecified atom stereocenters. The maximum atomic E-state index is 9.55. The second kappa shape index (κ2) is 3.39. The molecule has 0 aliphatic carbocycles. The molecule has 6 heteroatoms. The van der Waals surface area contributed by atoms with Crippen molar-refractivity contribution in [1.82, 2.24) is 15.2 Å². The summed E-state index contributed by atoms with van der Waals surface area (Å²) in [4.78, 5) is 1.99. The van der Waals surface area contributed by atoms with Crippen molar-refractivity contribution < 1.29 is 10.4 Å². The van der Waals surface area contributed by atoms with Crippen LogP contribution in [0.2, 0.25) is 0 Å². The number of hydrogen-bond donors (Lipinski definition) is 3. The van der Waals surface area contributed by atoms with Gasteiger partial charge in [-0.15, -0.1) is 10.3 Å². The van der Waals surface area contributed by atoms with E-state index in [0.717, 1.165) is 25.9 Å². The third-order valence-corrected chi connectivity index (χ3v) is 2.45. The second-order valence-electron chi connectivity index (χ2n) is 3.39. The number of nitrogens with two attached hydrogens (primary N) is 1. The van der Waals surface area contributed by atoms with E-state index in [-0.39, 0.29) is 5.82 Å². The molecule has 1 fully saturated rings. The summed E-state index contributed by atoms with van der Waals surface area (Å²) < 4.78 is 0. The molecule has 0 aromatic carbocycles. The molecule has 2 aliphatic heterocycles. The van der Waals surface area contributed by atoms with Crippen molar-refractivity contribution in [2.45, 2.75) is 12.8 Å². The van der Waals surface area contributed by atoms with Gasteiger partial charge in [-0.3, -0.25) is 10.4 Å². The molecular formula is C8H14N4O2. The third-order valence-electron chi connectivity index (χ3n) is 2.45. The van der Waals surface area contributed by atoms with Crippen LogP contribution in [0.15, 0.2) is 23.8 Å². The molecule has 2 rings (SSSR count). The van der Waals surface area contributed by atoms with Gasteiger partial charge in [-0.25, -0.2) is 0 Å². The minimum Gasteiger partial charge on any atom is -0.382 e. The quantitative estimate of drug-likeness (QED) is 0.552. The minimum atomic E-state index is 0.0930. The molecule has 0 amide bonds. The average Bonchev–Trinajstić information content (AvgIpc) is 2.67. The molecule has 0 atom stereocenters. The maximum Gasteiger partial charge on any atom is 0.156 e. The number of likely N-dealkylation sites (tertiary alicyclic amines) is 1. The van der Waals surface area contributed by atoms with Gasteiger partial charge in [-0.05, 0) is 25.0 Å². The molecule has 0 aromatic rings. The predicted molar refractivity (Wildman–Crippen MR) is 48.4 cm³/mol. The summed E-state index contributed by atoms with van der Waals surface area (Å²) >= 11 is 0. The standard InChI is InChI=1S/C8H14N4O2/c9-7-3-4-8(12(14)11(7)13)10-5-1-2-6-10/h3-4,13-14H,1-2,5-6,9H2. The first-order valence-electron chi connectivity index (χ1n) is 4.60. The summed E-state index contributed by atoms with van der Waals surface area (Å²) in [6.07, 6.45) is 5.46. The molecule has 6 nitrogen and oxygen atoms in total. The first-order valence-corrected chi connectivity index (χ1v) is 4.60. The Hall–Kier alpha value is -1.40. The highest BCUT2D eigenvalue weighted by Crippen LogP contribution is 2.21. The largest absolute Gasteiger partial charge is 0.382 e. The van der Waals surface area contributed by atoms with Gasteiger partial charge in [0.1, 0.15) is 0 Å². The average molecular weight is 198 g/mol. The Labute approximate surface area is 82.0 Å². The predicted octanol–water partition coefficient (Wildman–Crippen LogP) is 0.0347. The van der Waals surface area contributed by atoms with Crippen molar-refractivity contribution in [3.05, 3.63) is 23.8 Å². The molecule has 14 heavy (non-hydrogen) atoms. The highest BCUT2D eigenvalue weighted by Gasteiger charge is 2.25. The van der Waals surface area contributed by atoms with Gasteiger partial charge in [0.25, 0.3) is 0 Å². The number of hydrogen-bond acceptors (Lipinski definition) is 6. The lowest BCUT2D eigenvalue weighted by Crippen LogP contribution is -2.45. The Bertz CT molecular complexity index is 279. The fraction of sp³-hybridized carbons (Fsp3) is 0.500. The van der Waals surface area contributed by atoms with E-state index in [4.69, 9.17) is 5.73 Å². The first kappa shape index (κ1) is 9.17. The molecule has 0 spiro atoms. The lowest BCUT2D eigenvalue weighted by molar-refractivity contribution is -0.339. The molecule has 78 valence electrons. The van der Waals surface area contributed by atoms with E-state index >= 15 is 0 Å². The lowest BCUT2D eigenvalue weighted by atomic mass is 10.4. The molecule has 0 radical (unpaired) electrons. The summed E-state index contributed by atoms with van der Waals surface area (Å²) in [5.41, 5.74) is 5.40. The summed E-state index contributed by atoms with van der Waals surface area (Å²) in [7, 11) is 0. The number of hydroxylamine groups is 2. The minimum absolute atomic E-state index is 0.0930. The number of hydrazine groups is 1. The first-order chi connectivity index (χ1) is 6.70. The highest BCUT2D eigenvalue weighted by atomic mass is 16.7. The van der Waals surface area contributed by atoms with Gasteiger partial charge in [0.05, 0.1) is 0 Å². The van der Waals surface area contributed by atoms with Crippen LogP contribution in [0.5, 0.6) is 0 Å². The Morgan fingerprint density at radius 1 is 1.07 bits per heavy atom. The maximum absolute atomic E-state index is 9.55. The third kappa shape index (κ3) is 1.38. The zero-order chi connectivity index (χ0) is 10.1. The monoisotopic (exact) mass is 198 g/mol. The number of nitrogens with zero attached hydrogens (tertiary/aromatic N) is 3. The molecule has 2 heterocycles.